The Morgan fingerprint density at radius 3 is 1.82 bits per heavy atom. The minimum atomic E-state index is -1.70. The Balaban J connectivity index is 1.67. The standard InChI is InChI=1S/C49H68N6O13/c1-8-9-20-34-42(59)53-37(46(63)64)22-24-39(56)50-26-15-14-21-35(55-47(65)66-28-33-31-18-12-10-16-29(31)30-17-11-13-19-32(30)33)43(60)54-38(27-41(58)68-49(5,6)7)45(62)52-36(44(61)51-34)23-25-40(57)67-48(2,3)4/h10-13,16-19,33-38H,8-9,14-15,20-28H2,1-7H3,(H,50,56)(H,51,61)(H,52,62)(H,53,59)(H,54,60)(H,55,65)(H,63,64)/t34-,35-,36-,37-,38?/m0/s1. The monoisotopic (exact) mass is 948 g/mol. The Bertz CT molecular complexity index is 2100. The van der Waals surface area contributed by atoms with Crippen molar-refractivity contribution in [1.29, 1.82) is 0 Å². The number of unbranched alkanes of at least 4 members (excludes halogenated alkanes) is 1. The van der Waals surface area contributed by atoms with E-state index in [0.29, 0.717) is 19.3 Å². The number of fused-ring (bicyclic) bond motifs is 3. The van der Waals surface area contributed by atoms with E-state index >= 15 is 0 Å². The second kappa shape index (κ2) is 25.0. The molecule has 1 fully saturated rings. The highest BCUT2D eigenvalue weighted by Gasteiger charge is 2.36. The Morgan fingerprint density at radius 1 is 0.691 bits per heavy atom. The normalized spacial score (nSPS) is 21.5. The van der Waals surface area contributed by atoms with Crippen LogP contribution in [0.15, 0.2) is 48.5 Å². The molecular weight excluding hydrogens is 881 g/mol. The third-order valence-electron chi connectivity index (χ3n) is 11.1. The molecule has 1 heterocycles. The first kappa shape index (κ1) is 54.1. The highest BCUT2D eigenvalue weighted by molar-refractivity contribution is 5.97. The van der Waals surface area contributed by atoms with Crippen molar-refractivity contribution in [2.45, 2.75) is 166 Å². The van der Waals surface area contributed by atoms with Gasteiger partial charge in [-0.1, -0.05) is 68.3 Å². The van der Waals surface area contributed by atoms with Gasteiger partial charge in [0.05, 0.1) is 6.42 Å². The summed E-state index contributed by atoms with van der Waals surface area (Å²) >= 11 is 0. The van der Waals surface area contributed by atoms with E-state index in [1.807, 2.05) is 55.5 Å². The molecule has 4 rings (SSSR count). The van der Waals surface area contributed by atoms with Gasteiger partial charge in [0.15, 0.2) is 0 Å². The number of carboxylic acid groups (broad SMARTS) is 1. The van der Waals surface area contributed by atoms with Gasteiger partial charge < -0.3 is 51.2 Å². The SMILES string of the molecule is CCCC[C@@H]1NC(=O)[C@H](CCC(=O)OC(C)(C)C)NC(=O)C(CC(=O)OC(C)(C)C)NC(=O)[C@@H](NC(=O)OCC2c3ccccc3-c3ccccc32)CCCCNC(=O)CC[C@@H](C(=O)O)NC1=O. The number of hydrogen-bond acceptors (Lipinski definition) is 12. The lowest BCUT2D eigenvalue weighted by Crippen LogP contribution is -2.59. The van der Waals surface area contributed by atoms with Crippen molar-refractivity contribution >= 4 is 53.5 Å². The molecule has 1 aliphatic heterocycles. The molecule has 1 aliphatic carbocycles. The fraction of sp³-hybridized carbons (Fsp3) is 0.571. The molecule has 19 heteroatoms. The van der Waals surface area contributed by atoms with E-state index in [1.54, 1.807) is 41.5 Å². The smallest absolute Gasteiger partial charge is 0.407 e. The molecule has 1 unspecified atom stereocenters. The van der Waals surface area contributed by atoms with Crippen LogP contribution in [0.5, 0.6) is 0 Å². The highest BCUT2D eigenvalue weighted by Crippen LogP contribution is 2.44. The molecule has 372 valence electrons. The number of amides is 6. The van der Waals surface area contributed by atoms with Crippen LogP contribution in [0.25, 0.3) is 11.1 Å². The van der Waals surface area contributed by atoms with Gasteiger partial charge in [0, 0.05) is 25.3 Å². The zero-order valence-electron chi connectivity index (χ0n) is 40.1. The quantitative estimate of drug-likeness (QED) is 0.117. The van der Waals surface area contributed by atoms with E-state index in [9.17, 15) is 48.3 Å². The number of aliphatic carboxylic acids is 1. The minimum absolute atomic E-state index is 0.0279. The molecule has 2 aliphatic rings. The lowest BCUT2D eigenvalue weighted by molar-refractivity contribution is -0.157. The number of ether oxygens (including phenoxy) is 3. The van der Waals surface area contributed by atoms with Gasteiger partial charge in [0.25, 0.3) is 0 Å². The van der Waals surface area contributed by atoms with Crippen LogP contribution in [0, 0.1) is 0 Å². The predicted molar refractivity (Wildman–Crippen MR) is 249 cm³/mol. The van der Waals surface area contributed by atoms with Gasteiger partial charge in [-0.25, -0.2) is 9.59 Å². The number of carboxylic acids is 1. The summed E-state index contributed by atoms with van der Waals surface area (Å²) in [7, 11) is 0. The number of alkyl carbamates (subject to hydrolysis) is 1. The van der Waals surface area contributed by atoms with Crippen LogP contribution in [-0.4, -0.2) is 113 Å². The average Bonchev–Trinajstić information content (AvgIpc) is 3.57. The van der Waals surface area contributed by atoms with Gasteiger partial charge >= 0.3 is 24.0 Å². The van der Waals surface area contributed by atoms with Gasteiger partial charge in [-0.3, -0.25) is 33.6 Å². The van der Waals surface area contributed by atoms with Crippen LogP contribution in [0.3, 0.4) is 0 Å². The first-order chi connectivity index (χ1) is 32.0. The summed E-state index contributed by atoms with van der Waals surface area (Å²) in [6.07, 6.45) is -1.38. The molecular formula is C49H68N6O13. The molecule has 0 spiro atoms. The van der Waals surface area contributed by atoms with Gasteiger partial charge in [0.2, 0.25) is 29.5 Å². The zero-order valence-corrected chi connectivity index (χ0v) is 40.1. The minimum Gasteiger partial charge on any atom is -0.480 e. The molecule has 0 bridgehead atoms. The summed E-state index contributed by atoms with van der Waals surface area (Å²) in [5, 5.41) is 25.4. The van der Waals surface area contributed by atoms with E-state index in [2.05, 4.69) is 31.9 Å². The van der Waals surface area contributed by atoms with E-state index in [1.165, 1.54) is 0 Å². The van der Waals surface area contributed by atoms with Crippen molar-refractivity contribution in [3.63, 3.8) is 0 Å². The third-order valence-corrected chi connectivity index (χ3v) is 11.1. The van der Waals surface area contributed by atoms with Crippen LogP contribution in [0.1, 0.15) is 136 Å². The number of hydrogen-bond donors (Lipinski definition) is 7. The molecule has 0 saturated carbocycles. The first-order valence-electron chi connectivity index (χ1n) is 23.3. The summed E-state index contributed by atoms with van der Waals surface area (Å²) in [5.41, 5.74) is 2.05. The van der Waals surface area contributed by atoms with Crippen molar-refractivity contribution in [3.8, 4) is 11.1 Å². The van der Waals surface area contributed by atoms with Gasteiger partial charge in [-0.2, -0.15) is 0 Å². The molecule has 19 nitrogen and oxygen atoms in total. The molecule has 2 aromatic rings. The maximum Gasteiger partial charge on any atom is 0.407 e. The molecule has 68 heavy (non-hydrogen) atoms. The second-order valence-electron chi connectivity index (χ2n) is 19.0. The largest absolute Gasteiger partial charge is 0.480 e. The number of benzene rings is 2. The molecule has 7 N–H and O–H groups in total. The molecule has 6 amide bonds. The lowest BCUT2D eigenvalue weighted by Gasteiger charge is -2.27. The third kappa shape index (κ3) is 17.3. The summed E-state index contributed by atoms with van der Waals surface area (Å²) in [6, 6.07) is 8.10. The number of nitrogens with one attached hydrogen (secondary N) is 6. The van der Waals surface area contributed by atoms with Crippen molar-refractivity contribution < 1.29 is 62.5 Å². The first-order valence-corrected chi connectivity index (χ1v) is 23.3. The fourth-order valence-electron chi connectivity index (χ4n) is 7.82. The molecule has 0 radical (unpaired) electrons. The Hall–Kier alpha value is -6.53. The van der Waals surface area contributed by atoms with Crippen molar-refractivity contribution in [2.24, 2.45) is 0 Å². The van der Waals surface area contributed by atoms with Crippen LogP contribution in [0.2, 0.25) is 0 Å². The maximum atomic E-state index is 14.3. The molecule has 0 aromatic heterocycles. The van der Waals surface area contributed by atoms with E-state index in [0.717, 1.165) is 22.3 Å². The molecule has 1 saturated heterocycles. The number of esters is 2. The summed E-state index contributed by atoms with van der Waals surface area (Å²) in [5.74, 6) is -7.52. The summed E-state index contributed by atoms with van der Waals surface area (Å²) in [6.45, 7) is 11.7. The number of carbonyl (C=O) groups excluding carboxylic acids is 8. The molecule has 2 aromatic carbocycles. The fourth-order valence-corrected chi connectivity index (χ4v) is 7.82. The van der Waals surface area contributed by atoms with Gasteiger partial charge in [0.1, 0.15) is 48.0 Å². The van der Waals surface area contributed by atoms with E-state index in [-0.39, 0.29) is 64.0 Å². The number of rotatable bonds is 12. The van der Waals surface area contributed by atoms with Crippen LogP contribution >= 0.6 is 0 Å². The van der Waals surface area contributed by atoms with E-state index in [4.69, 9.17) is 14.2 Å². The van der Waals surface area contributed by atoms with Crippen molar-refractivity contribution in [3.05, 3.63) is 59.7 Å². The van der Waals surface area contributed by atoms with Crippen molar-refractivity contribution in [2.75, 3.05) is 13.2 Å². The van der Waals surface area contributed by atoms with Gasteiger partial charge in [-0.15, -0.1) is 0 Å². The van der Waals surface area contributed by atoms with E-state index < -0.39 is 101 Å². The predicted octanol–water partition coefficient (Wildman–Crippen LogP) is 4.04. The number of carbonyl (C=O) groups is 9. The van der Waals surface area contributed by atoms with Crippen LogP contribution in [-0.2, 0) is 52.6 Å². The Labute approximate surface area is 397 Å². The Kier molecular flexibility index (Phi) is 19.9. The molecule has 5 atom stereocenters. The second-order valence-corrected chi connectivity index (χ2v) is 19.0. The highest BCUT2D eigenvalue weighted by atomic mass is 16.6. The topological polar surface area (TPSA) is 274 Å². The zero-order chi connectivity index (χ0) is 50.2. The van der Waals surface area contributed by atoms with Crippen LogP contribution < -0.4 is 31.9 Å². The summed E-state index contributed by atoms with van der Waals surface area (Å²) < 4.78 is 16.7. The van der Waals surface area contributed by atoms with Crippen molar-refractivity contribution in [1.82, 2.24) is 31.9 Å². The lowest BCUT2D eigenvalue weighted by atomic mass is 9.98. The van der Waals surface area contributed by atoms with Gasteiger partial charge in [-0.05, 0) is 102 Å². The Morgan fingerprint density at radius 2 is 1.24 bits per heavy atom. The maximum absolute atomic E-state index is 14.3. The summed E-state index contributed by atoms with van der Waals surface area (Å²) in [4.78, 5) is 121. The average molecular weight is 949 g/mol. The van der Waals surface area contributed by atoms with Crippen LogP contribution in [0.4, 0.5) is 4.79 Å².